The van der Waals surface area contributed by atoms with Crippen LogP contribution in [0.2, 0.25) is 0 Å². The highest BCUT2D eigenvalue weighted by molar-refractivity contribution is 6.00. The van der Waals surface area contributed by atoms with Crippen LogP contribution >= 0.6 is 0 Å². The summed E-state index contributed by atoms with van der Waals surface area (Å²) in [6.45, 7) is 3.76. The van der Waals surface area contributed by atoms with E-state index >= 15 is 0 Å². The number of carbonyl (C=O) groups excluding carboxylic acids is 1. The van der Waals surface area contributed by atoms with Crippen molar-refractivity contribution < 1.29 is 31.6 Å². The number of nitrogens with one attached hydrogen (secondary N) is 1. The molecule has 1 aliphatic heterocycles. The zero-order valence-electron chi connectivity index (χ0n) is 20.4. The molecule has 3 aromatic rings. The maximum absolute atomic E-state index is 13.8. The van der Waals surface area contributed by atoms with E-state index in [9.17, 15) is 22.4 Å². The van der Waals surface area contributed by atoms with Gasteiger partial charge in [-0.3, -0.25) is 9.69 Å². The maximum atomic E-state index is 13.8. The molecule has 37 heavy (non-hydrogen) atoms. The molecular weight excluding hydrogens is 492 g/mol. The standard InChI is InChI=1S/C26H28F4N4O3/c1-18-23(24(32-37-18)19-6-3-2-4-7-19)25(35)31-10-5-11-33-12-14-34(15-13-33)21-16-20(27)8-9-22(21)36-17-26(28,29)30/h2-4,6-9,16H,5,10-15,17H2,1H3,(H,31,35). The van der Waals surface area contributed by atoms with Crippen LogP contribution in [0.4, 0.5) is 23.2 Å². The molecule has 0 radical (unpaired) electrons. The number of halogens is 4. The van der Waals surface area contributed by atoms with Crippen LogP contribution in [-0.2, 0) is 0 Å². The highest BCUT2D eigenvalue weighted by atomic mass is 19.4. The molecule has 0 atom stereocenters. The molecule has 11 heteroatoms. The normalized spacial score (nSPS) is 14.6. The van der Waals surface area contributed by atoms with E-state index in [1.807, 2.05) is 35.2 Å². The van der Waals surface area contributed by atoms with Crippen LogP contribution in [0.3, 0.4) is 0 Å². The van der Waals surface area contributed by atoms with Crippen LogP contribution in [0, 0.1) is 12.7 Å². The first-order chi connectivity index (χ1) is 17.7. The summed E-state index contributed by atoms with van der Waals surface area (Å²) < 4.78 is 61.7. The number of carbonyl (C=O) groups is 1. The Balaban J connectivity index is 1.25. The Hall–Kier alpha value is -3.60. The molecule has 0 bridgehead atoms. The van der Waals surface area contributed by atoms with Crippen LogP contribution < -0.4 is 15.0 Å². The van der Waals surface area contributed by atoms with Gasteiger partial charge in [0.2, 0.25) is 0 Å². The summed E-state index contributed by atoms with van der Waals surface area (Å²) in [7, 11) is 0. The molecule has 7 nitrogen and oxygen atoms in total. The van der Waals surface area contributed by atoms with Crippen molar-refractivity contribution in [3.05, 3.63) is 65.7 Å². The number of hydrogen-bond acceptors (Lipinski definition) is 6. The molecule has 1 N–H and O–H groups in total. The second kappa shape index (κ2) is 11.6. The second-order valence-electron chi connectivity index (χ2n) is 8.78. The fourth-order valence-electron chi connectivity index (χ4n) is 4.26. The number of aromatic nitrogens is 1. The molecule has 0 unspecified atom stereocenters. The van der Waals surface area contributed by atoms with Gasteiger partial charge >= 0.3 is 6.18 Å². The fourth-order valence-corrected chi connectivity index (χ4v) is 4.26. The van der Waals surface area contributed by atoms with Gasteiger partial charge in [-0.2, -0.15) is 13.2 Å². The number of ether oxygens (including phenoxy) is 1. The smallest absolute Gasteiger partial charge is 0.422 e. The molecule has 0 spiro atoms. The van der Waals surface area contributed by atoms with Crippen molar-refractivity contribution in [1.82, 2.24) is 15.4 Å². The molecule has 1 aliphatic rings. The van der Waals surface area contributed by atoms with Gasteiger partial charge in [0, 0.05) is 44.4 Å². The van der Waals surface area contributed by atoms with Crippen molar-refractivity contribution in [3.63, 3.8) is 0 Å². The van der Waals surface area contributed by atoms with Crippen molar-refractivity contribution in [2.75, 3.05) is 50.8 Å². The molecule has 1 aromatic heterocycles. The lowest BCUT2D eigenvalue weighted by Crippen LogP contribution is -2.47. The summed E-state index contributed by atoms with van der Waals surface area (Å²) in [6, 6.07) is 12.9. The maximum Gasteiger partial charge on any atom is 0.422 e. The Kier molecular flexibility index (Phi) is 8.32. The number of hydrogen-bond donors (Lipinski definition) is 1. The van der Waals surface area contributed by atoms with Crippen molar-refractivity contribution in [2.24, 2.45) is 0 Å². The van der Waals surface area contributed by atoms with Gasteiger partial charge in [-0.1, -0.05) is 35.5 Å². The third-order valence-electron chi connectivity index (χ3n) is 6.10. The Morgan fingerprint density at radius 2 is 1.84 bits per heavy atom. The average Bonchev–Trinajstić information content (AvgIpc) is 3.27. The van der Waals surface area contributed by atoms with E-state index < -0.39 is 18.6 Å². The lowest BCUT2D eigenvalue weighted by molar-refractivity contribution is -0.153. The Labute approximate surface area is 212 Å². The number of aryl methyl sites for hydroxylation is 1. The van der Waals surface area contributed by atoms with Crippen molar-refractivity contribution in [3.8, 4) is 17.0 Å². The summed E-state index contributed by atoms with van der Waals surface area (Å²) in [5, 5.41) is 6.96. The van der Waals surface area contributed by atoms with Gasteiger partial charge in [0.05, 0.1) is 5.69 Å². The minimum atomic E-state index is -4.48. The van der Waals surface area contributed by atoms with Crippen LogP contribution in [-0.4, -0.2) is 68.0 Å². The largest absolute Gasteiger partial charge is 0.482 e. The van der Waals surface area contributed by atoms with Gasteiger partial charge in [0.25, 0.3) is 5.91 Å². The second-order valence-corrected chi connectivity index (χ2v) is 8.78. The first-order valence-corrected chi connectivity index (χ1v) is 12.0. The Morgan fingerprint density at radius 3 is 2.54 bits per heavy atom. The van der Waals surface area contributed by atoms with Gasteiger partial charge in [-0.25, -0.2) is 4.39 Å². The van der Waals surface area contributed by atoms with Crippen molar-refractivity contribution >= 4 is 11.6 Å². The monoisotopic (exact) mass is 520 g/mol. The number of alkyl halides is 3. The Morgan fingerprint density at radius 1 is 1.11 bits per heavy atom. The van der Waals surface area contributed by atoms with Crippen molar-refractivity contribution in [1.29, 1.82) is 0 Å². The average molecular weight is 521 g/mol. The molecular formula is C26H28F4N4O3. The number of anilines is 1. The minimum absolute atomic E-state index is 0.00814. The number of nitrogens with zero attached hydrogens (tertiary/aromatic N) is 3. The quantitative estimate of drug-likeness (QED) is 0.327. The van der Waals surface area contributed by atoms with Gasteiger partial charge in [-0.15, -0.1) is 0 Å². The number of amides is 1. The summed E-state index contributed by atoms with van der Waals surface area (Å²) in [6.07, 6.45) is -3.77. The summed E-state index contributed by atoms with van der Waals surface area (Å²) in [4.78, 5) is 16.8. The van der Waals surface area contributed by atoms with Gasteiger partial charge in [0.15, 0.2) is 6.61 Å². The van der Waals surface area contributed by atoms with E-state index in [2.05, 4.69) is 15.4 Å². The first-order valence-electron chi connectivity index (χ1n) is 12.0. The molecule has 0 saturated carbocycles. The molecule has 1 fully saturated rings. The summed E-state index contributed by atoms with van der Waals surface area (Å²) >= 11 is 0. The van der Waals surface area contributed by atoms with E-state index in [0.717, 1.165) is 18.2 Å². The van der Waals surface area contributed by atoms with E-state index in [0.29, 0.717) is 61.8 Å². The molecule has 0 aliphatic carbocycles. The zero-order valence-corrected chi connectivity index (χ0v) is 20.4. The van der Waals surface area contributed by atoms with Crippen LogP contribution in [0.1, 0.15) is 22.5 Å². The van der Waals surface area contributed by atoms with Crippen LogP contribution in [0.5, 0.6) is 5.75 Å². The number of benzene rings is 2. The molecule has 2 aromatic carbocycles. The molecule has 1 saturated heterocycles. The Bertz CT molecular complexity index is 1190. The lowest BCUT2D eigenvalue weighted by atomic mass is 10.1. The molecule has 4 rings (SSSR count). The van der Waals surface area contributed by atoms with Crippen LogP contribution in [0.25, 0.3) is 11.3 Å². The highest BCUT2D eigenvalue weighted by Gasteiger charge is 2.30. The highest BCUT2D eigenvalue weighted by Crippen LogP contribution is 2.31. The minimum Gasteiger partial charge on any atom is -0.482 e. The zero-order chi connectivity index (χ0) is 26.4. The van der Waals surface area contributed by atoms with E-state index in [1.54, 1.807) is 6.92 Å². The summed E-state index contributed by atoms with van der Waals surface area (Å²) in [5.41, 5.74) is 2.03. The van der Waals surface area contributed by atoms with E-state index in [4.69, 9.17) is 9.26 Å². The predicted molar refractivity (Wildman–Crippen MR) is 130 cm³/mol. The number of piperazine rings is 1. The fraction of sp³-hybridized carbons (Fsp3) is 0.385. The first kappa shape index (κ1) is 26.5. The van der Waals surface area contributed by atoms with Gasteiger partial charge in [-0.05, 0) is 32.0 Å². The van der Waals surface area contributed by atoms with Gasteiger partial charge in [0.1, 0.15) is 28.6 Å². The lowest BCUT2D eigenvalue weighted by Gasteiger charge is -2.36. The van der Waals surface area contributed by atoms with E-state index in [-0.39, 0.29) is 11.7 Å². The SMILES string of the molecule is Cc1onc(-c2ccccc2)c1C(=O)NCCCN1CCN(c2cc(F)ccc2OCC(F)(F)F)CC1. The summed E-state index contributed by atoms with van der Waals surface area (Å²) in [5.74, 6) is -0.330. The van der Waals surface area contributed by atoms with Crippen LogP contribution in [0.15, 0.2) is 53.1 Å². The molecule has 1 amide bonds. The molecule has 2 heterocycles. The molecule has 198 valence electrons. The number of rotatable bonds is 9. The topological polar surface area (TPSA) is 70.8 Å². The van der Waals surface area contributed by atoms with E-state index in [1.165, 1.54) is 12.1 Å². The predicted octanol–water partition coefficient (Wildman–Crippen LogP) is 4.67. The van der Waals surface area contributed by atoms with Crippen molar-refractivity contribution in [2.45, 2.75) is 19.5 Å². The third-order valence-corrected chi connectivity index (χ3v) is 6.10. The third kappa shape index (κ3) is 7.00. The van der Waals surface area contributed by atoms with Gasteiger partial charge < -0.3 is 19.5 Å².